The van der Waals surface area contributed by atoms with Crippen LogP contribution in [0.5, 0.6) is 11.5 Å². The van der Waals surface area contributed by atoms with Crippen LogP contribution in [0.2, 0.25) is 0 Å². The number of rotatable bonds is 5. The Morgan fingerprint density at radius 3 is 2.47 bits per heavy atom. The van der Waals surface area contributed by atoms with Gasteiger partial charge in [-0.3, -0.25) is 4.79 Å². The number of nitrogens with two attached hydrogens (primary N) is 1. The first-order valence-corrected chi connectivity index (χ1v) is 5.27. The Balaban J connectivity index is 2.96. The smallest absolute Gasteiger partial charge is 0.258 e. The number of carbonyl (C=O) groups excluding carboxylic acids is 1. The van der Waals surface area contributed by atoms with Gasteiger partial charge in [-0.1, -0.05) is 6.07 Å². The van der Waals surface area contributed by atoms with Crippen molar-refractivity contribution < 1.29 is 19.4 Å². The first-order valence-electron chi connectivity index (χ1n) is 5.27. The summed E-state index contributed by atoms with van der Waals surface area (Å²) in [5.41, 5.74) is 5.82. The van der Waals surface area contributed by atoms with Gasteiger partial charge in [-0.2, -0.15) is 0 Å². The van der Waals surface area contributed by atoms with Gasteiger partial charge in [-0.05, 0) is 31.5 Å². The van der Waals surface area contributed by atoms with Gasteiger partial charge in [0.05, 0.1) is 13.2 Å². The van der Waals surface area contributed by atoms with Crippen molar-refractivity contribution in [2.45, 2.75) is 26.1 Å². The predicted molar refractivity (Wildman–Crippen MR) is 62.9 cm³/mol. The largest absolute Gasteiger partial charge is 0.493 e. The number of hydrogen-bond acceptors (Lipinski definition) is 4. The van der Waals surface area contributed by atoms with E-state index in [-0.39, 0.29) is 0 Å². The van der Waals surface area contributed by atoms with Crippen molar-refractivity contribution in [1.82, 2.24) is 0 Å². The molecular weight excluding hydrogens is 222 g/mol. The fourth-order valence-corrected chi connectivity index (χ4v) is 1.29. The zero-order valence-electron chi connectivity index (χ0n) is 10.1. The molecule has 0 aliphatic rings. The lowest BCUT2D eigenvalue weighted by atomic mass is 10.1. The highest BCUT2D eigenvalue weighted by Gasteiger charge is 2.14. The highest BCUT2D eigenvalue weighted by molar-refractivity contribution is 5.78. The molecule has 1 aromatic carbocycles. The fourth-order valence-electron chi connectivity index (χ4n) is 1.29. The molecule has 5 heteroatoms. The molecule has 0 bridgehead atoms. The van der Waals surface area contributed by atoms with Gasteiger partial charge in [0.15, 0.2) is 17.6 Å². The first kappa shape index (κ1) is 13.3. The number of ether oxygens (including phenoxy) is 2. The highest BCUT2D eigenvalue weighted by atomic mass is 16.5. The van der Waals surface area contributed by atoms with Crippen molar-refractivity contribution in [3.8, 4) is 11.5 Å². The van der Waals surface area contributed by atoms with Crippen molar-refractivity contribution in [2.24, 2.45) is 5.73 Å². The molecule has 0 spiro atoms. The average Bonchev–Trinajstić information content (AvgIpc) is 2.28. The Morgan fingerprint density at radius 1 is 1.35 bits per heavy atom. The van der Waals surface area contributed by atoms with Gasteiger partial charge in [0.25, 0.3) is 5.91 Å². The Kier molecular flexibility index (Phi) is 4.34. The van der Waals surface area contributed by atoms with Gasteiger partial charge >= 0.3 is 0 Å². The van der Waals surface area contributed by atoms with E-state index in [1.54, 1.807) is 32.0 Å². The molecule has 0 aliphatic heterocycles. The van der Waals surface area contributed by atoms with Crippen LogP contribution in [0.1, 0.15) is 25.5 Å². The number of hydrogen-bond donors (Lipinski definition) is 2. The SMILES string of the molecule is COc1cc([C@@H](C)O)ccc1OC(C)C(N)=O. The second-order valence-electron chi connectivity index (χ2n) is 3.75. The summed E-state index contributed by atoms with van der Waals surface area (Å²) < 4.78 is 10.5. The normalized spacial score (nSPS) is 13.9. The van der Waals surface area contributed by atoms with E-state index in [1.165, 1.54) is 7.11 Å². The number of aliphatic hydroxyl groups is 1. The van der Waals surface area contributed by atoms with Crippen molar-refractivity contribution >= 4 is 5.91 Å². The number of amides is 1. The molecule has 0 heterocycles. The minimum atomic E-state index is -0.735. The van der Waals surface area contributed by atoms with E-state index in [1.807, 2.05) is 0 Å². The van der Waals surface area contributed by atoms with E-state index >= 15 is 0 Å². The summed E-state index contributed by atoms with van der Waals surface area (Å²) in [6.07, 6.45) is -1.33. The van der Waals surface area contributed by atoms with Gasteiger partial charge in [0, 0.05) is 0 Å². The molecule has 0 saturated heterocycles. The maximum Gasteiger partial charge on any atom is 0.258 e. The van der Waals surface area contributed by atoms with Crippen molar-refractivity contribution in [3.63, 3.8) is 0 Å². The lowest BCUT2D eigenvalue weighted by Gasteiger charge is -2.15. The van der Waals surface area contributed by atoms with Crippen LogP contribution >= 0.6 is 0 Å². The summed E-state index contributed by atoms with van der Waals surface area (Å²) >= 11 is 0. The highest BCUT2D eigenvalue weighted by Crippen LogP contribution is 2.30. The van der Waals surface area contributed by atoms with Crippen LogP contribution in [-0.2, 0) is 4.79 Å². The Morgan fingerprint density at radius 2 is 2.00 bits per heavy atom. The zero-order chi connectivity index (χ0) is 13.0. The lowest BCUT2D eigenvalue weighted by molar-refractivity contribution is -0.124. The third kappa shape index (κ3) is 3.35. The number of aliphatic hydroxyl groups excluding tert-OH is 1. The van der Waals surface area contributed by atoms with Gasteiger partial charge in [0.2, 0.25) is 0 Å². The quantitative estimate of drug-likeness (QED) is 0.803. The second-order valence-corrected chi connectivity index (χ2v) is 3.75. The van der Waals surface area contributed by atoms with Crippen LogP contribution in [-0.4, -0.2) is 24.2 Å². The zero-order valence-corrected chi connectivity index (χ0v) is 10.1. The third-order valence-electron chi connectivity index (χ3n) is 2.37. The average molecular weight is 239 g/mol. The Hall–Kier alpha value is -1.75. The van der Waals surface area contributed by atoms with Gasteiger partial charge in [-0.15, -0.1) is 0 Å². The predicted octanol–water partition coefficient (Wildman–Crippen LogP) is 1.00. The van der Waals surface area contributed by atoms with Crippen LogP contribution in [0.25, 0.3) is 0 Å². The van der Waals surface area contributed by atoms with Gasteiger partial charge < -0.3 is 20.3 Å². The molecule has 94 valence electrons. The number of carbonyl (C=O) groups is 1. The molecule has 0 saturated carbocycles. The third-order valence-corrected chi connectivity index (χ3v) is 2.37. The van der Waals surface area contributed by atoms with Crippen LogP contribution in [0.15, 0.2) is 18.2 Å². The summed E-state index contributed by atoms with van der Waals surface area (Å²) in [4.78, 5) is 10.9. The van der Waals surface area contributed by atoms with E-state index in [9.17, 15) is 9.90 Å². The molecule has 0 aliphatic carbocycles. The molecule has 3 N–H and O–H groups in total. The van der Waals surface area contributed by atoms with Crippen LogP contribution in [0.3, 0.4) is 0 Å². The first-order chi connectivity index (χ1) is 7.95. The molecule has 1 rings (SSSR count). The van der Waals surface area contributed by atoms with E-state index in [2.05, 4.69) is 0 Å². The molecule has 1 unspecified atom stereocenters. The molecule has 0 radical (unpaired) electrons. The maximum atomic E-state index is 10.9. The molecule has 1 amide bonds. The van der Waals surface area contributed by atoms with E-state index in [4.69, 9.17) is 15.2 Å². The standard InChI is InChI=1S/C12H17NO4/c1-7(14)9-4-5-10(11(6-9)16-3)17-8(2)12(13)15/h4-8,14H,1-3H3,(H2,13,15)/t7-,8?/m1/s1. The Labute approximate surface area is 100 Å². The summed E-state index contributed by atoms with van der Waals surface area (Å²) in [5, 5.41) is 9.43. The molecular formula is C12H17NO4. The molecule has 0 fully saturated rings. The monoisotopic (exact) mass is 239 g/mol. The summed E-state index contributed by atoms with van der Waals surface area (Å²) in [7, 11) is 1.49. The molecule has 17 heavy (non-hydrogen) atoms. The minimum absolute atomic E-state index is 0.420. The fraction of sp³-hybridized carbons (Fsp3) is 0.417. The lowest BCUT2D eigenvalue weighted by Crippen LogP contribution is -2.30. The van der Waals surface area contributed by atoms with Crippen molar-refractivity contribution in [2.75, 3.05) is 7.11 Å². The van der Waals surface area contributed by atoms with E-state index in [0.717, 1.165) is 0 Å². The second kappa shape index (κ2) is 5.54. The minimum Gasteiger partial charge on any atom is -0.493 e. The molecule has 5 nitrogen and oxygen atoms in total. The summed E-state index contributed by atoms with van der Waals surface area (Å²) in [5.74, 6) is 0.325. The topological polar surface area (TPSA) is 81.8 Å². The maximum absolute atomic E-state index is 10.9. The number of methoxy groups -OCH3 is 1. The van der Waals surface area contributed by atoms with Crippen molar-refractivity contribution in [3.05, 3.63) is 23.8 Å². The van der Waals surface area contributed by atoms with Crippen molar-refractivity contribution in [1.29, 1.82) is 0 Å². The molecule has 0 aromatic heterocycles. The summed E-state index contributed by atoms with van der Waals surface area (Å²) in [6.45, 7) is 3.21. The van der Waals surface area contributed by atoms with Crippen LogP contribution in [0, 0.1) is 0 Å². The van der Waals surface area contributed by atoms with Crippen LogP contribution in [0.4, 0.5) is 0 Å². The molecule has 2 atom stereocenters. The van der Waals surface area contributed by atoms with Gasteiger partial charge in [-0.25, -0.2) is 0 Å². The number of benzene rings is 1. The summed E-state index contributed by atoms with van der Waals surface area (Å²) in [6, 6.07) is 5.00. The van der Waals surface area contributed by atoms with E-state index < -0.39 is 18.1 Å². The van der Waals surface area contributed by atoms with Gasteiger partial charge in [0.1, 0.15) is 0 Å². The van der Waals surface area contributed by atoms with Crippen LogP contribution < -0.4 is 15.2 Å². The number of primary amides is 1. The van der Waals surface area contributed by atoms with E-state index in [0.29, 0.717) is 17.1 Å². The molecule has 1 aromatic rings. The Bertz CT molecular complexity index is 403.